The fraction of sp³-hybridized carbons (Fsp3) is 0.238. The van der Waals surface area contributed by atoms with E-state index in [0.717, 1.165) is 5.56 Å². The molecule has 0 aliphatic carbocycles. The molecule has 0 radical (unpaired) electrons. The molecule has 1 saturated heterocycles. The van der Waals surface area contributed by atoms with Crippen LogP contribution in [0, 0.1) is 5.92 Å². The lowest BCUT2D eigenvalue weighted by Crippen LogP contribution is -2.51. The van der Waals surface area contributed by atoms with Gasteiger partial charge in [-0.25, -0.2) is 18.2 Å². The number of nitrogens with two attached hydrogens (primary N) is 1. The van der Waals surface area contributed by atoms with Crippen molar-refractivity contribution in [2.75, 3.05) is 19.7 Å². The van der Waals surface area contributed by atoms with Gasteiger partial charge in [0.25, 0.3) is 0 Å². The Bertz CT molecular complexity index is 1180. The molecule has 9 heteroatoms. The van der Waals surface area contributed by atoms with E-state index in [1.807, 2.05) is 0 Å². The molecule has 2 aromatic rings. The van der Waals surface area contributed by atoms with E-state index < -0.39 is 16.0 Å². The molecule has 1 fully saturated rings. The third-order valence-corrected chi connectivity index (χ3v) is 7.09. The third kappa shape index (κ3) is 3.74. The standard InChI is InChI=1S/C21H21N3O5S/c22-20-9-17(21(26)27)6-16-5-4-15(8-19(16)23-20)14-2-1-3-18(7-14)30(28,29)24-10-13(11-24)12-25/h1-8,13,25H,9-12H2,(H2,22,23)(H,26,27). The first-order valence-electron chi connectivity index (χ1n) is 9.40. The molecule has 2 heterocycles. The minimum absolute atomic E-state index is 0.0143. The van der Waals surface area contributed by atoms with Crippen LogP contribution in [-0.2, 0) is 14.8 Å². The van der Waals surface area contributed by atoms with Crippen LogP contribution in [0.1, 0.15) is 12.0 Å². The average Bonchev–Trinajstić information content (AvgIpc) is 2.84. The monoisotopic (exact) mass is 427 g/mol. The van der Waals surface area contributed by atoms with Crippen LogP contribution in [0.3, 0.4) is 0 Å². The van der Waals surface area contributed by atoms with Gasteiger partial charge in [0.1, 0.15) is 5.84 Å². The predicted octanol–water partition coefficient (Wildman–Crippen LogP) is 1.83. The molecule has 0 atom stereocenters. The number of rotatable bonds is 5. The number of carboxylic acids is 1. The van der Waals surface area contributed by atoms with Gasteiger partial charge in [-0.15, -0.1) is 0 Å². The first-order chi connectivity index (χ1) is 14.3. The van der Waals surface area contributed by atoms with Crippen molar-refractivity contribution >= 4 is 33.6 Å². The van der Waals surface area contributed by atoms with Gasteiger partial charge in [-0.05, 0) is 35.4 Å². The topological polar surface area (TPSA) is 133 Å². The van der Waals surface area contributed by atoms with Gasteiger partial charge in [-0.1, -0.05) is 24.3 Å². The highest BCUT2D eigenvalue weighted by molar-refractivity contribution is 7.89. The molecular weight excluding hydrogens is 406 g/mol. The minimum Gasteiger partial charge on any atom is -0.478 e. The number of aliphatic hydroxyl groups is 1. The number of fused-ring (bicyclic) bond motifs is 1. The van der Waals surface area contributed by atoms with E-state index in [1.54, 1.807) is 48.5 Å². The molecule has 2 aliphatic heterocycles. The van der Waals surface area contributed by atoms with Gasteiger partial charge < -0.3 is 15.9 Å². The zero-order chi connectivity index (χ0) is 21.5. The lowest BCUT2D eigenvalue weighted by molar-refractivity contribution is -0.132. The van der Waals surface area contributed by atoms with Crippen LogP contribution in [0.25, 0.3) is 17.2 Å². The summed E-state index contributed by atoms with van der Waals surface area (Å²) in [5.74, 6) is -0.857. The van der Waals surface area contributed by atoms with Crippen LogP contribution in [0.2, 0.25) is 0 Å². The number of carboxylic acid groups (broad SMARTS) is 1. The van der Waals surface area contributed by atoms with E-state index in [1.165, 1.54) is 4.31 Å². The first kappa shape index (κ1) is 20.3. The number of aliphatic hydroxyl groups excluding tert-OH is 1. The van der Waals surface area contributed by atoms with Crippen LogP contribution >= 0.6 is 0 Å². The molecule has 2 aromatic carbocycles. The fourth-order valence-electron chi connectivity index (χ4n) is 3.53. The van der Waals surface area contributed by atoms with Crippen molar-refractivity contribution in [3.05, 3.63) is 53.6 Å². The number of hydrogen-bond donors (Lipinski definition) is 3. The van der Waals surface area contributed by atoms with Crippen molar-refractivity contribution < 1.29 is 23.4 Å². The molecule has 0 saturated carbocycles. The van der Waals surface area contributed by atoms with Crippen molar-refractivity contribution in [3.8, 4) is 11.1 Å². The Balaban J connectivity index is 1.69. The molecule has 0 amide bonds. The van der Waals surface area contributed by atoms with E-state index >= 15 is 0 Å². The SMILES string of the molecule is NC1=Nc2cc(-c3cccc(S(=O)(=O)N4CC(CO)C4)c3)ccc2C=C(C(=O)O)C1. The largest absolute Gasteiger partial charge is 0.478 e. The van der Waals surface area contributed by atoms with Crippen molar-refractivity contribution in [2.24, 2.45) is 16.6 Å². The van der Waals surface area contributed by atoms with E-state index in [-0.39, 0.29) is 35.2 Å². The van der Waals surface area contributed by atoms with Crippen molar-refractivity contribution in [3.63, 3.8) is 0 Å². The van der Waals surface area contributed by atoms with E-state index in [9.17, 15) is 18.3 Å². The van der Waals surface area contributed by atoms with Gasteiger partial charge in [0, 0.05) is 43.2 Å². The summed E-state index contributed by atoms with van der Waals surface area (Å²) in [7, 11) is -3.62. The predicted molar refractivity (Wildman–Crippen MR) is 113 cm³/mol. The summed E-state index contributed by atoms with van der Waals surface area (Å²) in [5, 5.41) is 18.4. The number of aliphatic imine (C=N–C) groups is 1. The van der Waals surface area contributed by atoms with Crippen LogP contribution in [0.5, 0.6) is 0 Å². The molecular formula is C21H21N3O5S. The molecule has 8 nitrogen and oxygen atoms in total. The Kier molecular flexibility index (Phi) is 5.19. The smallest absolute Gasteiger partial charge is 0.332 e. The second-order valence-corrected chi connectivity index (χ2v) is 9.36. The van der Waals surface area contributed by atoms with Crippen LogP contribution in [-0.4, -0.2) is 54.4 Å². The Labute approximate surface area is 174 Å². The first-order valence-corrected chi connectivity index (χ1v) is 10.8. The number of sulfonamides is 1. The number of benzene rings is 2. The average molecular weight is 427 g/mol. The molecule has 30 heavy (non-hydrogen) atoms. The fourth-order valence-corrected chi connectivity index (χ4v) is 5.17. The van der Waals surface area contributed by atoms with Crippen molar-refractivity contribution in [1.82, 2.24) is 4.31 Å². The van der Waals surface area contributed by atoms with Gasteiger partial charge in [-0.3, -0.25) is 0 Å². The molecule has 0 aromatic heterocycles. The molecule has 0 unspecified atom stereocenters. The number of hydrogen-bond acceptors (Lipinski definition) is 6. The Morgan fingerprint density at radius 1 is 1.17 bits per heavy atom. The summed E-state index contributed by atoms with van der Waals surface area (Å²) in [6.07, 6.45) is 1.60. The highest BCUT2D eigenvalue weighted by atomic mass is 32.2. The maximum atomic E-state index is 12.8. The van der Waals surface area contributed by atoms with Crippen molar-refractivity contribution in [1.29, 1.82) is 0 Å². The lowest BCUT2D eigenvalue weighted by Gasteiger charge is -2.36. The minimum atomic E-state index is -3.62. The summed E-state index contributed by atoms with van der Waals surface area (Å²) in [6, 6.07) is 11.9. The zero-order valence-corrected chi connectivity index (χ0v) is 16.8. The van der Waals surface area contributed by atoms with Gasteiger partial charge in [0.05, 0.1) is 10.6 Å². The van der Waals surface area contributed by atoms with E-state index in [4.69, 9.17) is 10.8 Å². The lowest BCUT2D eigenvalue weighted by atomic mass is 10.0. The summed E-state index contributed by atoms with van der Waals surface area (Å²) in [5.41, 5.74) is 8.63. The summed E-state index contributed by atoms with van der Waals surface area (Å²) in [4.78, 5) is 15.9. The van der Waals surface area contributed by atoms with Crippen LogP contribution < -0.4 is 5.73 Å². The maximum absolute atomic E-state index is 12.8. The molecule has 0 bridgehead atoms. The molecule has 4 N–H and O–H groups in total. The van der Waals surface area contributed by atoms with Gasteiger partial charge in [0.2, 0.25) is 10.0 Å². The second kappa shape index (κ2) is 7.67. The highest BCUT2D eigenvalue weighted by Gasteiger charge is 2.36. The van der Waals surface area contributed by atoms with E-state index in [2.05, 4.69) is 4.99 Å². The normalized spacial score (nSPS) is 17.4. The van der Waals surface area contributed by atoms with Crippen LogP contribution in [0.15, 0.2) is 57.9 Å². The van der Waals surface area contributed by atoms with Crippen LogP contribution in [0.4, 0.5) is 5.69 Å². The number of carbonyl (C=O) groups is 1. The van der Waals surface area contributed by atoms with Gasteiger partial charge >= 0.3 is 5.97 Å². The Morgan fingerprint density at radius 3 is 2.60 bits per heavy atom. The molecule has 4 rings (SSSR count). The van der Waals surface area contributed by atoms with Gasteiger partial charge in [0.15, 0.2) is 0 Å². The highest BCUT2D eigenvalue weighted by Crippen LogP contribution is 2.33. The number of aliphatic carboxylic acids is 1. The molecule has 2 aliphatic rings. The van der Waals surface area contributed by atoms with Crippen molar-refractivity contribution in [2.45, 2.75) is 11.3 Å². The second-order valence-electron chi connectivity index (χ2n) is 7.43. The Hall–Kier alpha value is -3.01. The third-order valence-electron chi connectivity index (χ3n) is 5.26. The molecule has 156 valence electrons. The quantitative estimate of drug-likeness (QED) is 0.667. The maximum Gasteiger partial charge on any atom is 0.332 e. The number of nitrogens with zero attached hydrogens (tertiary/aromatic N) is 2. The Morgan fingerprint density at radius 2 is 1.90 bits per heavy atom. The van der Waals surface area contributed by atoms with Gasteiger partial charge in [-0.2, -0.15) is 4.31 Å². The summed E-state index contributed by atoms with van der Waals surface area (Å²) >= 11 is 0. The zero-order valence-electron chi connectivity index (χ0n) is 16.0. The summed E-state index contributed by atoms with van der Waals surface area (Å²) < 4.78 is 27.0. The number of amidine groups is 1. The molecule has 0 spiro atoms. The van der Waals surface area contributed by atoms with E-state index in [0.29, 0.717) is 29.9 Å². The summed E-state index contributed by atoms with van der Waals surface area (Å²) in [6.45, 7) is 0.602.